The third kappa shape index (κ3) is 3.12. The second-order valence-corrected chi connectivity index (χ2v) is 4.01. The van der Waals surface area contributed by atoms with Crippen LogP contribution in [-0.4, -0.2) is 40.4 Å². The van der Waals surface area contributed by atoms with Crippen molar-refractivity contribution < 1.29 is 4.79 Å². The molecule has 0 bridgehead atoms. The van der Waals surface area contributed by atoms with Crippen LogP contribution in [0.2, 0.25) is 0 Å². The number of nitrogens with zero attached hydrogens (tertiary/aromatic N) is 3. The van der Waals surface area contributed by atoms with Crippen LogP contribution in [0, 0.1) is 0 Å². The molecule has 0 aliphatic carbocycles. The summed E-state index contributed by atoms with van der Waals surface area (Å²) < 4.78 is 1.90. The summed E-state index contributed by atoms with van der Waals surface area (Å²) in [6.07, 6.45) is 5.87. The van der Waals surface area contributed by atoms with Gasteiger partial charge in [0.1, 0.15) is 5.82 Å². The predicted octanol–water partition coefficient (Wildman–Crippen LogP) is 0.709. The van der Waals surface area contributed by atoms with Crippen molar-refractivity contribution in [3.63, 3.8) is 0 Å². The Bertz CT molecular complexity index is 564. The Balaban J connectivity index is 2.15. The fraction of sp³-hybridized carbons (Fsp3) is 0.417. The highest BCUT2D eigenvalue weighted by Crippen LogP contribution is 2.16. The Hall–Kier alpha value is -2.31. The molecule has 1 amide bonds. The molecule has 0 saturated heterocycles. The van der Waals surface area contributed by atoms with Crippen LogP contribution in [0.3, 0.4) is 0 Å². The smallest absolute Gasteiger partial charge is 0.221 e. The molecule has 0 aliphatic rings. The van der Waals surface area contributed by atoms with E-state index < -0.39 is 0 Å². The maximum absolute atomic E-state index is 11.2. The number of fused-ring (bicyclic) bond motifs is 1. The van der Waals surface area contributed by atoms with Crippen LogP contribution in [0.25, 0.3) is 5.65 Å². The Morgan fingerprint density at radius 3 is 3.00 bits per heavy atom. The summed E-state index contributed by atoms with van der Waals surface area (Å²) in [4.78, 5) is 19.9. The van der Waals surface area contributed by atoms with E-state index in [4.69, 9.17) is 0 Å². The van der Waals surface area contributed by atoms with Crippen molar-refractivity contribution in [2.75, 3.05) is 30.8 Å². The van der Waals surface area contributed by atoms with E-state index >= 15 is 0 Å². The van der Waals surface area contributed by atoms with Gasteiger partial charge in [0, 0.05) is 39.0 Å². The summed E-state index contributed by atoms with van der Waals surface area (Å²) in [5.74, 6) is 1.44. The summed E-state index contributed by atoms with van der Waals surface area (Å²) in [7, 11) is 1.62. The number of amides is 1. The number of nitrogens with one attached hydrogen (secondary N) is 3. The standard InChI is InChI=1S/C12H18N6O/c1-3-14-9-8-18-7-6-16-12(18)11(17-9)15-5-4-10(19)13-2/h6-8,14H,3-5H2,1-2H3,(H,13,19)(H,15,17). The molecule has 0 aliphatic heterocycles. The first-order valence-electron chi connectivity index (χ1n) is 6.26. The Morgan fingerprint density at radius 1 is 1.42 bits per heavy atom. The first-order chi connectivity index (χ1) is 9.24. The van der Waals surface area contributed by atoms with E-state index in [1.165, 1.54) is 0 Å². The summed E-state index contributed by atoms with van der Waals surface area (Å²) in [5, 5.41) is 8.89. The van der Waals surface area contributed by atoms with Crippen LogP contribution < -0.4 is 16.0 Å². The Morgan fingerprint density at radius 2 is 2.26 bits per heavy atom. The molecule has 2 aromatic heterocycles. The maximum atomic E-state index is 11.2. The molecule has 2 rings (SSSR count). The van der Waals surface area contributed by atoms with Crippen molar-refractivity contribution >= 4 is 23.2 Å². The number of rotatable bonds is 6. The lowest BCUT2D eigenvalue weighted by Crippen LogP contribution is -2.21. The van der Waals surface area contributed by atoms with E-state index in [1.54, 1.807) is 13.2 Å². The minimum Gasteiger partial charge on any atom is -0.369 e. The van der Waals surface area contributed by atoms with E-state index in [2.05, 4.69) is 25.9 Å². The van der Waals surface area contributed by atoms with Crippen LogP contribution in [0.5, 0.6) is 0 Å². The van der Waals surface area contributed by atoms with Gasteiger partial charge in [-0.25, -0.2) is 9.97 Å². The van der Waals surface area contributed by atoms with Crippen molar-refractivity contribution in [1.82, 2.24) is 19.7 Å². The molecule has 7 nitrogen and oxygen atoms in total. The van der Waals surface area contributed by atoms with Crippen LogP contribution in [0.4, 0.5) is 11.6 Å². The molecule has 7 heteroatoms. The lowest BCUT2D eigenvalue weighted by molar-refractivity contribution is -0.120. The van der Waals surface area contributed by atoms with E-state index in [1.807, 2.05) is 23.7 Å². The number of hydrogen-bond donors (Lipinski definition) is 3. The molecule has 2 aromatic rings. The number of carbonyl (C=O) groups is 1. The summed E-state index contributed by atoms with van der Waals surface area (Å²) in [6.45, 7) is 3.33. The van der Waals surface area contributed by atoms with E-state index in [0.717, 1.165) is 18.0 Å². The van der Waals surface area contributed by atoms with Crippen molar-refractivity contribution in [2.45, 2.75) is 13.3 Å². The van der Waals surface area contributed by atoms with Crippen molar-refractivity contribution in [1.29, 1.82) is 0 Å². The van der Waals surface area contributed by atoms with Gasteiger partial charge < -0.3 is 20.4 Å². The topological polar surface area (TPSA) is 83.3 Å². The maximum Gasteiger partial charge on any atom is 0.221 e. The molecule has 0 unspecified atom stereocenters. The van der Waals surface area contributed by atoms with Gasteiger partial charge in [-0.1, -0.05) is 0 Å². The second-order valence-electron chi connectivity index (χ2n) is 4.01. The van der Waals surface area contributed by atoms with Crippen molar-refractivity contribution in [3.8, 4) is 0 Å². The zero-order valence-electron chi connectivity index (χ0n) is 11.1. The van der Waals surface area contributed by atoms with Crippen LogP contribution in [0.15, 0.2) is 18.6 Å². The molecule has 0 saturated carbocycles. The highest BCUT2D eigenvalue weighted by Gasteiger charge is 2.07. The van der Waals surface area contributed by atoms with Gasteiger partial charge in [-0.15, -0.1) is 0 Å². The van der Waals surface area contributed by atoms with Gasteiger partial charge in [0.05, 0.1) is 6.20 Å². The van der Waals surface area contributed by atoms with Gasteiger partial charge in [0.25, 0.3) is 0 Å². The average Bonchev–Trinajstić information content (AvgIpc) is 2.87. The highest BCUT2D eigenvalue weighted by molar-refractivity contribution is 5.76. The molecular weight excluding hydrogens is 244 g/mol. The third-order valence-corrected chi connectivity index (χ3v) is 2.66. The van der Waals surface area contributed by atoms with Crippen molar-refractivity contribution in [3.05, 3.63) is 18.6 Å². The van der Waals surface area contributed by atoms with E-state index in [0.29, 0.717) is 18.8 Å². The summed E-state index contributed by atoms with van der Waals surface area (Å²) in [5.41, 5.74) is 0.749. The monoisotopic (exact) mass is 262 g/mol. The number of aromatic nitrogens is 3. The quantitative estimate of drug-likeness (QED) is 0.714. The third-order valence-electron chi connectivity index (χ3n) is 2.66. The van der Waals surface area contributed by atoms with Gasteiger partial charge >= 0.3 is 0 Å². The minimum absolute atomic E-state index is 0.00491. The number of hydrogen-bond acceptors (Lipinski definition) is 5. The van der Waals surface area contributed by atoms with Gasteiger partial charge in [-0.3, -0.25) is 4.79 Å². The molecule has 19 heavy (non-hydrogen) atoms. The molecule has 3 N–H and O–H groups in total. The molecule has 0 radical (unpaired) electrons. The van der Waals surface area contributed by atoms with Crippen LogP contribution >= 0.6 is 0 Å². The van der Waals surface area contributed by atoms with E-state index in [-0.39, 0.29) is 5.91 Å². The molecule has 0 spiro atoms. The number of carbonyl (C=O) groups excluding carboxylic acids is 1. The molecule has 0 atom stereocenters. The Kier molecular flexibility index (Phi) is 4.17. The summed E-state index contributed by atoms with van der Waals surface area (Å²) in [6, 6.07) is 0. The SMILES string of the molecule is CCNc1cn2ccnc2c(NCCC(=O)NC)n1. The molecule has 0 fully saturated rings. The predicted molar refractivity (Wildman–Crippen MR) is 74.3 cm³/mol. The molecular formula is C12H18N6O. The average molecular weight is 262 g/mol. The first-order valence-corrected chi connectivity index (χ1v) is 6.26. The van der Waals surface area contributed by atoms with Crippen LogP contribution in [-0.2, 0) is 4.79 Å². The molecule has 102 valence electrons. The van der Waals surface area contributed by atoms with Gasteiger partial charge in [-0.05, 0) is 6.92 Å². The fourth-order valence-corrected chi connectivity index (χ4v) is 1.74. The number of anilines is 2. The first kappa shape index (κ1) is 13.1. The lowest BCUT2D eigenvalue weighted by atomic mass is 10.4. The summed E-state index contributed by atoms with van der Waals surface area (Å²) >= 11 is 0. The normalized spacial score (nSPS) is 10.4. The number of imidazole rings is 1. The largest absolute Gasteiger partial charge is 0.369 e. The Labute approximate surface area is 111 Å². The zero-order chi connectivity index (χ0) is 13.7. The highest BCUT2D eigenvalue weighted by atomic mass is 16.1. The zero-order valence-corrected chi connectivity index (χ0v) is 11.1. The fourth-order valence-electron chi connectivity index (χ4n) is 1.74. The lowest BCUT2D eigenvalue weighted by Gasteiger charge is -2.09. The van der Waals surface area contributed by atoms with Gasteiger partial charge in [-0.2, -0.15) is 0 Å². The second kappa shape index (κ2) is 6.03. The molecule has 0 aromatic carbocycles. The minimum atomic E-state index is -0.00491. The van der Waals surface area contributed by atoms with Gasteiger partial charge in [0.15, 0.2) is 11.5 Å². The van der Waals surface area contributed by atoms with Crippen LogP contribution in [0.1, 0.15) is 13.3 Å². The van der Waals surface area contributed by atoms with Gasteiger partial charge in [0.2, 0.25) is 5.91 Å². The molecule has 2 heterocycles. The van der Waals surface area contributed by atoms with Crippen molar-refractivity contribution in [2.24, 2.45) is 0 Å². The van der Waals surface area contributed by atoms with E-state index in [9.17, 15) is 4.79 Å².